The second-order valence-corrected chi connectivity index (χ2v) is 16.5. The second kappa shape index (κ2) is 17.7. The van der Waals surface area contributed by atoms with Crippen molar-refractivity contribution < 1.29 is 14.3 Å². The monoisotopic (exact) mass is 506 g/mol. The van der Waals surface area contributed by atoms with E-state index in [-0.39, 0.29) is 11.1 Å². The highest BCUT2D eigenvalue weighted by Crippen LogP contribution is 2.45. The van der Waals surface area contributed by atoms with E-state index in [9.17, 15) is 5.11 Å². The van der Waals surface area contributed by atoms with Crippen molar-refractivity contribution in [1.29, 1.82) is 0 Å². The second-order valence-electron chi connectivity index (χ2n) is 11.9. The van der Waals surface area contributed by atoms with Gasteiger partial charge in [-0.15, -0.1) is 0 Å². The van der Waals surface area contributed by atoms with Crippen molar-refractivity contribution in [2.45, 2.75) is 149 Å². The number of hydrogen-bond acceptors (Lipinski definition) is 3. The number of hydrogen-bond donors (Lipinski definition) is 1. The van der Waals surface area contributed by atoms with E-state index in [2.05, 4.69) is 59.8 Å². The van der Waals surface area contributed by atoms with Gasteiger partial charge in [-0.1, -0.05) is 116 Å². The Morgan fingerprint density at radius 2 is 1.40 bits per heavy atom. The van der Waals surface area contributed by atoms with E-state index in [0.29, 0.717) is 25.2 Å². The standard InChI is InChI=1S/C31H58O3Si/c1-8-9-22-30(34-35(6,7)31(4,5)27(2)3)23-18-13-11-10-12-17-21-29(32)24-25-33-26-28-19-15-14-16-20-28/h14-16,19-20,27,29-30,32H,8-13,17-18,21-26H2,1-7H3/t29-,30-/m0/s1. The fourth-order valence-electron chi connectivity index (χ4n) is 4.54. The van der Waals surface area contributed by atoms with Crippen LogP contribution < -0.4 is 0 Å². The molecule has 0 amide bonds. The Labute approximate surface area is 219 Å². The van der Waals surface area contributed by atoms with Crippen LogP contribution in [0, 0.1) is 5.92 Å². The van der Waals surface area contributed by atoms with Gasteiger partial charge in [-0.05, 0) is 55.3 Å². The van der Waals surface area contributed by atoms with Crippen molar-refractivity contribution in [2.75, 3.05) is 6.61 Å². The summed E-state index contributed by atoms with van der Waals surface area (Å²) in [5.74, 6) is 0.649. The van der Waals surface area contributed by atoms with Gasteiger partial charge < -0.3 is 14.3 Å². The molecule has 0 heterocycles. The Morgan fingerprint density at radius 1 is 0.829 bits per heavy atom. The number of ether oxygens (including phenoxy) is 1. The summed E-state index contributed by atoms with van der Waals surface area (Å²) in [6.45, 7) is 17.9. The molecule has 35 heavy (non-hydrogen) atoms. The molecule has 2 atom stereocenters. The van der Waals surface area contributed by atoms with Gasteiger partial charge in [0.1, 0.15) is 0 Å². The Hall–Kier alpha value is -0.683. The lowest BCUT2D eigenvalue weighted by molar-refractivity contribution is 0.0689. The van der Waals surface area contributed by atoms with Gasteiger partial charge in [0.25, 0.3) is 0 Å². The van der Waals surface area contributed by atoms with E-state index in [1.54, 1.807) is 0 Å². The number of aliphatic hydroxyl groups excluding tert-OH is 1. The first kappa shape index (κ1) is 32.3. The Kier molecular flexibility index (Phi) is 16.4. The molecule has 0 spiro atoms. The molecule has 1 aromatic carbocycles. The number of benzene rings is 1. The lowest BCUT2D eigenvalue weighted by Crippen LogP contribution is -2.47. The number of rotatable bonds is 21. The maximum absolute atomic E-state index is 10.2. The van der Waals surface area contributed by atoms with E-state index < -0.39 is 8.32 Å². The molecule has 1 aromatic rings. The highest BCUT2D eigenvalue weighted by Gasteiger charge is 2.44. The van der Waals surface area contributed by atoms with Crippen LogP contribution in [0.2, 0.25) is 18.1 Å². The van der Waals surface area contributed by atoms with Gasteiger partial charge in [-0.2, -0.15) is 0 Å². The van der Waals surface area contributed by atoms with Crippen LogP contribution in [-0.2, 0) is 15.8 Å². The quantitative estimate of drug-likeness (QED) is 0.133. The van der Waals surface area contributed by atoms with Gasteiger partial charge >= 0.3 is 0 Å². The van der Waals surface area contributed by atoms with Crippen LogP contribution >= 0.6 is 0 Å². The molecule has 0 unspecified atom stereocenters. The fraction of sp³-hybridized carbons (Fsp3) is 0.806. The van der Waals surface area contributed by atoms with Crippen LogP contribution in [0.1, 0.15) is 117 Å². The van der Waals surface area contributed by atoms with E-state index in [0.717, 1.165) is 19.3 Å². The molecule has 0 aliphatic heterocycles. The maximum Gasteiger partial charge on any atom is 0.192 e. The molecule has 204 valence electrons. The normalized spacial score (nSPS) is 14.4. The Balaban J connectivity index is 2.14. The summed E-state index contributed by atoms with van der Waals surface area (Å²) in [7, 11) is -1.77. The first-order chi connectivity index (χ1) is 16.6. The van der Waals surface area contributed by atoms with Gasteiger partial charge in [0.2, 0.25) is 0 Å². The largest absolute Gasteiger partial charge is 0.414 e. The van der Waals surface area contributed by atoms with Crippen LogP contribution in [0.4, 0.5) is 0 Å². The van der Waals surface area contributed by atoms with Crippen molar-refractivity contribution in [3.63, 3.8) is 0 Å². The van der Waals surface area contributed by atoms with E-state index >= 15 is 0 Å². The van der Waals surface area contributed by atoms with Crippen molar-refractivity contribution in [2.24, 2.45) is 5.92 Å². The predicted molar refractivity (Wildman–Crippen MR) is 154 cm³/mol. The van der Waals surface area contributed by atoms with Crippen molar-refractivity contribution in [1.82, 2.24) is 0 Å². The maximum atomic E-state index is 10.2. The predicted octanol–water partition coefficient (Wildman–Crippen LogP) is 9.29. The third-order valence-electron chi connectivity index (χ3n) is 8.36. The molecule has 0 fully saturated rings. The Bertz CT molecular complexity index is 629. The van der Waals surface area contributed by atoms with Gasteiger partial charge in [0.05, 0.1) is 12.7 Å². The van der Waals surface area contributed by atoms with Crippen LogP contribution in [0.3, 0.4) is 0 Å². The third-order valence-corrected chi connectivity index (χ3v) is 13.0. The van der Waals surface area contributed by atoms with Crippen molar-refractivity contribution in [3.8, 4) is 0 Å². The van der Waals surface area contributed by atoms with Crippen molar-refractivity contribution >= 4 is 8.32 Å². The lowest BCUT2D eigenvalue weighted by Gasteiger charge is -2.44. The SMILES string of the molecule is CCCC[C@@H](CCCCCCCC[C@H](O)CCOCc1ccccc1)O[Si](C)(C)C(C)(C)C(C)C. The summed E-state index contributed by atoms with van der Waals surface area (Å²) in [5, 5.41) is 10.5. The number of aliphatic hydroxyl groups is 1. The van der Waals surface area contributed by atoms with Crippen molar-refractivity contribution in [3.05, 3.63) is 35.9 Å². The molecule has 0 saturated carbocycles. The lowest BCUT2D eigenvalue weighted by atomic mass is 9.99. The van der Waals surface area contributed by atoms with Crippen LogP contribution in [0.5, 0.6) is 0 Å². The third kappa shape index (κ3) is 13.4. The van der Waals surface area contributed by atoms with E-state index in [1.807, 2.05) is 18.2 Å². The van der Waals surface area contributed by atoms with Gasteiger partial charge in [0.15, 0.2) is 8.32 Å². The smallest absolute Gasteiger partial charge is 0.192 e. The van der Waals surface area contributed by atoms with Crippen LogP contribution in [-0.4, -0.2) is 32.2 Å². The van der Waals surface area contributed by atoms with E-state index in [4.69, 9.17) is 9.16 Å². The first-order valence-electron chi connectivity index (χ1n) is 14.6. The minimum Gasteiger partial charge on any atom is -0.414 e. The molecular weight excluding hydrogens is 448 g/mol. The average molecular weight is 507 g/mol. The summed E-state index contributed by atoms with van der Waals surface area (Å²) >= 11 is 0. The van der Waals surface area contributed by atoms with E-state index in [1.165, 1.54) is 63.4 Å². The fourth-order valence-corrected chi connectivity index (χ4v) is 7.31. The van der Waals surface area contributed by atoms with Crippen LogP contribution in [0.15, 0.2) is 30.3 Å². The summed E-state index contributed by atoms with van der Waals surface area (Å²) in [5.41, 5.74) is 1.19. The molecule has 0 radical (unpaired) electrons. The zero-order valence-electron chi connectivity index (χ0n) is 24.3. The zero-order chi connectivity index (χ0) is 26.2. The van der Waals surface area contributed by atoms with Gasteiger partial charge in [0, 0.05) is 12.7 Å². The van der Waals surface area contributed by atoms with Crippen LogP contribution in [0.25, 0.3) is 0 Å². The minimum absolute atomic E-state index is 0.232. The topological polar surface area (TPSA) is 38.7 Å². The highest BCUT2D eigenvalue weighted by atomic mass is 28.4. The molecule has 1 N–H and O–H groups in total. The summed E-state index contributed by atoms with van der Waals surface area (Å²) in [4.78, 5) is 0. The Morgan fingerprint density at radius 3 is 2.00 bits per heavy atom. The summed E-state index contributed by atoms with van der Waals surface area (Å²) in [6, 6.07) is 10.2. The molecule has 0 bridgehead atoms. The molecular formula is C31H58O3Si. The average Bonchev–Trinajstić information content (AvgIpc) is 2.82. The number of unbranched alkanes of at least 4 members (excludes halogenated alkanes) is 6. The molecule has 0 saturated heterocycles. The minimum atomic E-state index is -1.77. The zero-order valence-corrected chi connectivity index (χ0v) is 25.3. The highest BCUT2D eigenvalue weighted by molar-refractivity contribution is 6.74. The molecule has 3 nitrogen and oxygen atoms in total. The molecule has 4 heteroatoms. The summed E-state index contributed by atoms with van der Waals surface area (Å²) in [6.07, 6.45) is 14.3. The molecule has 0 aliphatic carbocycles. The molecule has 0 aliphatic rings. The first-order valence-corrected chi connectivity index (χ1v) is 17.5. The van der Waals surface area contributed by atoms with Gasteiger partial charge in [-0.25, -0.2) is 0 Å². The summed E-state index contributed by atoms with van der Waals surface area (Å²) < 4.78 is 12.6. The molecule has 1 rings (SSSR count). The van der Waals surface area contributed by atoms with Gasteiger partial charge in [-0.3, -0.25) is 0 Å². The molecule has 0 aromatic heterocycles.